The number of esters is 1. The van der Waals surface area contributed by atoms with Gasteiger partial charge in [0.2, 0.25) is 0 Å². The molecule has 1 unspecified atom stereocenters. The topological polar surface area (TPSA) is 111 Å². The van der Waals surface area contributed by atoms with Crippen molar-refractivity contribution in [2.75, 3.05) is 32.9 Å². The molecule has 25 heavy (non-hydrogen) atoms. The minimum atomic E-state index is -0.864. The van der Waals surface area contributed by atoms with Gasteiger partial charge in [-0.05, 0) is 12.5 Å². The van der Waals surface area contributed by atoms with Gasteiger partial charge in [-0.25, -0.2) is 9.59 Å². The maximum Gasteiger partial charge on any atom is 0.329 e. The Morgan fingerprint density at radius 3 is 2.52 bits per heavy atom. The molecule has 136 valence electrons. The third-order valence-corrected chi connectivity index (χ3v) is 3.75. The minimum Gasteiger partial charge on any atom is -0.464 e. The van der Waals surface area contributed by atoms with Gasteiger partial charge in [-0.3, -0.25) is 10.1 Å². The van der Waals surface area contributed by atoms with Crippen LogP contribution >= 0.6 is 0 Å². The van der Waals surface area contributed by atoms with Crippen molar-refractivity contribution in [2.45, 2.75) is 19.4 Å². The second kappa shape index (κ2) is 8.97. The van der Waals surface area contributed by atoms with Crippen LogP contribution in [-0.2, 0) is 20.7 Å². The molecule has 0 aromatic heterocycles. The van der Waals surface area contributed by atoms with Crippen LogP contribution in [0.25, 0.3) is 0 Å². The number of morpholine rings is 1. The third-order valence-electron chi connectivity index (χ3n) is 3.75. The van der Waals surface area contributed by atoms with Crippen molar-refractivity contribution >= 4 is 17.7 Å². The summed E-state index contributed by atoms with van der Waals surface area (Å²) in [6.45, 7) is 3.71. The molecule has 1 N–H and O–H groups in total. The summed E-state index contributed by atoms with van der Waals surface area (Å²) in [5.41, 5.74) is 0.653. The molecule has 9 heteroatoms. The van der Waals surface area contributed by atoms with Gasteiger partial charge in [0.05, 0.1) is 24.7 Å². The first-order chi connectivity index (χ1) is 12.0. The zero-order valence-corrected chi connectivity index (χ0v) is 14.0. The summed E-state index contributed by atoms with van der Waals surface area (Å²) < 4.78 is 10.2. The highest BCUT2D eigenvalue weighted by atomic mass is 16.6. The Morgan fingerprint density at radius 1 is 1.32 bits per heavy atom. The van der Waals surface area contributed by atoms with Gasteiger partial charge in [-0.1, -0.05) is 12.1 Å². The minimum absolute atomic E-state index is 0.0335. The fourth-order valence-corrected chi connectivity index (χ4v) is 2.43. The van der Waals surface area contributed by atoms with Gasteiger partial charge < -0.3 is 19.7 Å². The van der Waals surface area contributed by atoms with Gasteiger partial charge >= 0.3 is 12.0 Å². The molecule has 0 saturated carbocycles. The maximum absolute atomic E-state index is 12.3. The maximum atomic E-state index is 12.3. The highest BCUT2D eigenvalue weighted by Crippen LogP contribution is 2.14. The highest BCUT2D eigenvalue weighted by molar-refractivity contribution is 5.84. The summed E-state index contributed by atoms with van der Waals surface area (Å²) in [5, 5.41) is 13.4. The summed E-state index contributed by atoms with van der Waals surface area (Å²) in [5.74, 6) is -0.539. The smallest absolute Gasteiger partial charge is 0.329 e. The largest absolute Gasteiger partial charge is 0.464 e. The van der Waals surface area contributed by atoms with E-state index in [1.807, 2.05) is 0 Å². The first kappa shape index (κ1) is 18.7. The first-order valence-corrected chi connectivity index (χ1v) is 8.04. The summed E-state index contributed by atoms with van der Waals surface area (Å²) in [6.07, 6.45) is 0.187. The lowest BCUT2D eigenvalue weighted by Crippen LogP contribution is -2.52. The SMILES string of the molecule is CCOC(=O)C(Cc1ccc([N+](=O)[O-])cc1)NC(=O)N1CCOCC1. The molecule has 2 rings (SSSR count). The summed E-state index contributed by atoms with van der Waals surface area (Å²) in [7, 11) is 0. The number of urea groups is 1. The lowest BCUT2D eigenvalue weighted by molar-refractivity contribution is -0.384. The van der Waals surface area contributed by atoms with Gasteiger partial charge in [0.25, 0.3) is 5.69 Å². The molecule has 1 aliphatic rings. The van der Waals surface area contributed by atoms with E-state index in [1.54, 1.807) is 24.0 Å². The van der Waals surface area contributed by atoms with Gasteiger partial charge in [-0.2, -0.15) is 0 Å². The fraction of sp³-hybridized carbons (Fsp3) is 0.500. The Kier molecular flexibility index (Phi) is 6.70. The van der Waals surface area contributed by atoms with E-state index in [1.165, 1.54) is 12.1 Å². The number of amides is 2. The molecule has 1 fully saturated rings. The molecule has 1 atom stereocenters. The second-order valence-electron chi connectivity index (χ2n) is 5.48. The molecule has 1 aliphatic heterocycles. The van der Waals surface area contributed by atoms with Crippen LogP contribution in [-0.4, -0.2) is 60.8 Å². The van der Waals surface area contributed by atoms with E-state index in [9.17, 15) is 19.7 Å². The average molecular weight is 351 g/mol. The van der Waals surface area contributed by atoms with Crippen LogP contribution in [0, 0.1) is 10.1 Å². The first-order valence-electron chi connectivity index (χ1n) is 8.04. The van der Waals surface area contributed by atoms with Crippen molar-refractivity contribution < 1.29 is 24.0 Å². The number of hydrogen-bond donors (Lipinski definition) is 1. The van der Waals surface area contributed by atoms with Crippen LogP contribution in [0.4, 0.5) is 10.5 Å². The van der Waals surface area contributed by atoms with Crippen molar-refractivity contribution in [2.24, 2.45) is 0 Å². The van der Waals surface area contributed by atoms with Crippen molar-refractivity contribution in [3.05, 3.63) is 39.9 Å². The normalized spacial score (nSPS) is 15.3. The zero-order chi connectivity index (χ0) is 18.2. The van der Waals surface area contributed by atoms with Crippen LogP contribution in [0.15, 0.2) is 24.3 Å². The van der Waals surface area contributed by atoms with Crippen molar-refractivity contribution in [3.8, 4) is 0 Å². The number of nitrogens with one attached hydrogen (secondary N) is 1. The number of ether oxygens (including phenoxy) is 2. The molecular formula is C16H21N3O6. The average Bonchev–Trinajstić information content (AvgIpc) is 2.62. The highest BCUT2D eigenvalue weighted by Gasteiger charge is 2.26. The van der Waals surface area contributed by atoms with E-state index < -0.39 is 16.9 Å². The van der Waals surface area contributed by atoms with Crippen LogP contribution < -0.4 is 5.32 Å². The van der Waals surface area contributed by atoms with E-state index in [2.05, 4.69) is 5.32 Å². The Hall–Kier alpha value is -2.68. The third kappa shape index (κ3) is 5.42. The molecule has 9 nitrogen and oxygen atoms in total. The van der Waals surface area contributed by atoms with E-state index in [4.69, 9.17) is 9.47 Å². The number of nitro benzene ring substituents is 1. The Balaban J connectivity index is 2.05. The van der Waals surface area contributed by atoms with E-state index >= 15 is 0 Å². The molecule has 0 radical (unpaired) electrons. The second-order valence-corrected chi connectivity index (χ2v) is 5.48. The summed E-state index contributed by atoms with van der Waals surface area (Å²) >= 11 is 0. The fourth-order valence-electron chi connectivity index (χ4n) is 2.43. The Labute approximate surface area is 145 Å². The zero-order valence-electron chi connectivity index (χ0n) is 14.0. The number of non-ortho nitro benzene ring substituents is 1. The van der Waals surface area contributed by atoms with E-state index in [-0.39, 0.29) is 24.7 Å². The quantitative estimate of drug-likeness (QED) is 0.467. The molecule has 1 aromatic carbocycles. The number of hydrogen-bond acceptors (Lipinski definition) is 6. The molecule has 0 spiro atoms. The molecule has 1 saturated heterocycles. The van der Waals surface area contributed by atoms with E-state index in [0.717, 1.165) is 0 Å². The predicted octanol–water partition coefficient (Wildman–Crippen LogP) is 1.11. The molecule has 1 heterocycles. The summed E-state index contributed by atoms with van der Waals surface area (Å²) in [4.78, 5) is 36.3. The molecule has 1 aromatic rings. The molecule has 2 amide bonds. The lowest BCUT2D eigenvalue weighted by atomic mass is 10.1. The number of carbonyl (C=O) groups is 2. The van der Waals surface area contributed by atoms with Gasteiger partial charge in [0, 0.05) is 31.6 Å². The Morgan fingerprint density at radius 2 is 1.96 bits per heavy atom. The van der Waals surface area contributed by atoms with Crippen LogP contribution in [0.2, 0.25) is 0 Å². The Bertz CT molecular complexity index is 613. The number of carbonyl (C=O) groups excluding carboxylic acids is 2. The van der Waals surface area contributed by atoms with Crippen molar-refractivity contribution in [1.29, 1.82) is 0 Å². The number of benzene rings is 1. The van der Waals surface area contributed by atoms with Gasteiger partial charge in [0.1, 0.15) is 6.04 Å². The van der Waals surface area contributed by atoms with Crippen LogP contribution in [0.1, 0.15) is 12.5 Å². The van der Waals surface area contributed by atoms with Crippen molar-refractivity contribution in [1.82, 2.24) is 10.2 Å². The van der Waals surface area contributed by atoms with E-state index in [0.29, 0.717) is 31.9 Å². The van der Waals surface area contributed by atoms with Crippen LogP contribution in [0.3, 0.4) is 0 Å². The molecule has 0 aliphatic carbocycles. The lowest BCUT2D eigenvalue weighted by Gasteiger charge is -2.28. The number of rotatable bonds is 6. The summed E-state index contributed by atoms with van der Waals surface area (Å²) in [6, 6.07) is 4.62. The predicted molar refractivity (Wildman–Crippen MR) is 88.1 cm³/mol. The van der Waals surface area contributed by atoms with Gasteiger partial charge in [-0.15, -0.1) is 0 Å². The monoisotopic (exact) mass is 351 g/mol. The standard InChI is InChI=1S/C16H21N3O6/c1-2-25-15(20)14(17-16(21)18-7-9-24-10-8-18)11-12-3-5-13(6-4-12)19(22)23/h3-6,14H,2,7-11H2,1H3,(H,17,21). The van der Waals surface area contributed by atoms with Gasteiger partial charge in [0.15, 0.2) is 0 Å². The number of nitrogens with zero attached hydrogens (tertiary/aromatic N) is 2. The molecular weight excluding hydrogens is 330 g/mol. The van der Waals surface area contributed by atoms with Crippen molar-refractivity contribution in [3.63, 3.8) is 0 Å². The molecule has 0 bridgehead atoms. The van der Waals surface area contributed by atoms with Crippen LogP contribution in [0.5, 0.6) is 0 Å². The number of nitro groups is 1.